The summed E-state index contributed by atoms with van der Waals surface area (Å²) in [6.45, 7) is 0.920. The molecule has 1 unspecified atom stereocenters. The van der Waals surface area contributed by atoms with Crippen molar-refractivity contribution in [2.75, 3.05) is 6.61 Å². The predicted octanol–water partition coefficient (Wildman–Crippen LogP) is 3.25. The van der Waals surface area contributed by atoms with Crippen LogP contribution in [-0.2, 0) is 11.3 Å². The van der Waals surface area contributed by atoms with E-state index in [1.54, 1.807) is 12.1 Å². The molecule has 3 heteroatoms. The topological polar surface area (TPSA) is 35.5 Å². The molecular weight excluding hydrogens is 264 g/mol. The molecule has 0 saturated carbocycles. The van der Waals surface area contributed by atoms with Gasteiger partial charge in [0.05, 0.1) is 6.61 Å². The van der Waals surface area contributed by atoms with Crippen molar-refractivity contribution in [3.63, 3.8) is 0 Å². The minimum absolute atomic E-state index is 0.118. The van der Waals surface area contributed by atoms with Gasteiger partial charge in [0.1, 0.15) is 12.7 Å². The minimum atomic E-state index is -0.274. The summed E-state index contributed by atoms with van der Waals surface area (Å²) in [6, 6.07) is 16.9. The van der Waals surface area contributed by atoms with Gasteiger partial charge in [0.2, 0.25) is 5.43 Å². The molecule has 1 aliphatic heterocycles. The van der Waals surface area contributed by atoms with E-state index in [9.17, 15) is 4.79 Å². The SMILES string of the molecule is O=c1c(OCc2ccccc2)ccccc1C1C=CCO1. The number of hydrogen-bond acceptors (Lipinski definition) is 3. The van der Waals surface area contributed by atoms with Crippen LogP contribution in [0.25, 0.3) is 0 Å². The molecule has 0 saturated heterocycles. The Kier molecular flexibility index (Phi) is 4.12. The Bertz CT molecular complexity index is 692. The number of rotatable bonds is 4. The Labute approximate surface area is 123 Å². The smallest absolute Gasteiger partial charge is 0.226 e. The molecule has 21 heavy (non-hydrogen) atoms. The van der Waals surface area contributed by atoms with E-state index in [1.165, 1.54) is 0 Å². The number of ether oxygens (including phenoxy) is 2. The normalized spacial score (nSPS) is 16.9. The van der Waals surface area contributed by atoms with Gasteiger partial charge in [0.15, 0.2) is 5.75 Å². The molecule has 0 bridgehead atoms. The summed E-state index contributed by atoms with van der Waals surface area (Å²) in [5, 5.41) is 0. The van der Waals surface area contributed by atoms with E-state index in [1.807, 2.05) is 54.6 Å². The maximum absolute atomic E-state index is 12.5. The van der Waals surface area contributed by atoms with Gasteiger partial charge in [-0.15, -0.1) is 0 Å². The lowest BCUT2D eigenvalue weighted by Crippen LogP contribution is -2.13. The van der Waals surface area contributed by atoms with Crippen LogP contribution in [0.1, 0.15) is 17.2 Å². The van der Waals surface area contributed by atoms with Gasteiger partial charge in [0.25, 0.3) is 0 Å². The van der Waals surface area contributed by atoms with Gasteiger partial charge in [-0.25, -0.2) is 0 Å². The Morgan fingerprint density at radius 1 is 1.05 bits per heavy atom. The first-order valence-corrected chi connectivity index (χ1v) is 6.93. The van der Waals surface area contributed by atoms with Gasteiger partial charge in [0, 0.05) is 5.56 Å². The van der Waals surface area contributed by atoms with Crippen molar-refractivity contribution < 1.29 is 9.47 Å². The summed E-state index contributed by atoms with van der Waals surface area (Å²) in [4.78, 5) is 12.5. The van der Waals surface area contributed by atoms with Gasteiger partial charge >= 0.3 is 0 Å². The van der Waals surface area contributed by atoms with Crippen LogP contribution >= 0.6 is 0 Å². The van der Waals surface area contributed by atoms with Crippen molar-refractivity contribution in [1.82, 2.24) is 0 Å². The molecule has 0 aromatic heterocycles. The standard InChI is InChI=1S/C18H16O3/c19-18-15(16-11-6-12-20-16)9-4-5-10-17(18)21-13-14-7-2-1-3-8-14/h1-11,16H,12-13H2. The van der Waals surface area contributed by atoms with Crippen LogP contribution in [0, 0.1) is 0 Å². The second-order valence-corrected chi connectivity index (χ2v) is 4.82. The van der Waals surface area contributed by atoms with E-state index in [0.29, 0.717) is 24.5 Å². The van der Waals surface area contributed by atoms with Crippen molar-refractivity contribution in [1.29, 1.82) is 0 Å². The fraction of sp³-hybridized carbons (Fsp3) is 0.167. The van der Waals surface area contributed by atoms with Crippen LogP contribution in [0.15, 0.2) is 71.5 Å². The van der Waals surface area contributed by atoms with Gasteiger partial charge in [-0.1, -0.05) is 60.7 Å². The predicted molar refractivity (Wildman–Crippen MR) is 81.3 cm³/mol. The lowest BCUT2D eigenvalue weighted by Gasteiger charge is -2.08. The van der Waals surface area contributed by atoms with E-state index in [-0.39, 0.29) is 11.5 Å². The lowest BCUT2D eigenvalue weighted by molar-refractivity contribution is 0.128. The van der Waals surface area contributed by atoms with E-state index in [2.05, 4.69) is 0 Å². The molecule has 1 atom stereocenters. The first kappa shape index (κ1) is 13.6. The molecule has 106 valence electrons. The van der Waals surface area contributed by atoms with Crippen molar-refractivity contribution in [2.45, 2.75) is 12.7 Å². The average molecular weight is 280 g/mol. The molecule has 0 aliphatic carbocycles. The minimum Gasteiger partial charge on any atom is -0.485 e. The van der Waals surface area contributed by atoms with Crippen LogP contribution in [0.4, 0.5) is 0 Å². The summed E-state index contributed by atoms with van der Waals surface area (Å²) < 4.78 is 11.2. The van der Waals surface area contributed by atoms with Crippen molar-refractivity contribution in [2.24, 2.45) is 0 Å². The van der Waals surface area contributed by atoms with Gasteiger partial charge in [-0.3, -0.25) is 4.79 Å². The monoisotopic (exact) mass is 280 g/mol. The summed E-state index contributed by atoms with van der Waals surface area (Å²) >= 11 is 0. The summed E-state index contributed by atoms with van der Waals surface area (Å²) in [5.41, 5.74) is 1.52. The van der Waals surface area contributed by atoms with Crippen LogP contribution in [0.5, 0.6) is 5.75 Å². The molecule has 3 rings (SSSR count). The fourth-order valence-electron chi connectivity index (χ4n) is 2.26. The fourth-order valence-corrected chi connectivity index (χ4v) is 2.26. The summed E-state index contributed by atoms with van der Waals surface area (Å²) in [7, 11) is 0. The van der Waals surface area contributed by atoms with Crippen LogP contribution in [-0.4, -0.2) is 6.61 Å². The van der Waals surface area contributed by atoms with Crippen LogP contribution in [0.2, 0.25) is 0 Å². The molecule has 2 aromatic carbocycles. The second kappa shape index (κ2) is 6.37. The average Bonchev–Trinajstić information content (AvgIpc) is 2.98. The molecular formula is C18H16O3. The zero-order valence-electron chi connectivity index (χ0n) is 11.6. The van der Waals surface area contributed by atoms with E-state index >= 15 is 0 Å². The molecule has 0 spiro atoms. The second-order valence-electron chi connectivity index (χ2n) is 4.82. The van der Waals surface area contributed by atoms with E-state index in [0.717, 1.165) is 5.56 Å². The largest absolute Gasteiger partial charge is 0.485 e. The first-order chi connectivity index (χ1) is 10.3. The third-order valence-electron chi connectivity index (χ3n) is 3.35. The van der Waals surface area contributed by atoms with Crippen LogP contribution in [0.3, 0.4) is 0 Å². The maximum atomic E-state index is 12.5. The third-order valence-corrected chi connectivity index (χ3v) is 3.35. The summed E-state index contributed by atoms with van der Waals surface area (Å²) in [6.07, 6.45) is 3.54. The highest BCUT2D eigenvalue weighted by Crippen LogP contribution is 2.21. The summed E-state index contributed by atoms with van der Waals surface area (Å²) in [5.74, 6) is 0.350. The zero-order valence-corrected chi connectivity index (χ0v) is 11.6. The first-order valence-electron chi connectivity index (χ1n) is 6.93. The van der Waals surface area contributed by atoms with Crippen molar-refractivity contribution in [3.8, 4) is 5.75 Å². The molecule has 0 amide bonds. The van der Waals surface area contributed by atoms with Gasteiger partial charge in [-0.2, -0.15) is 0 Å². The zero-order chi connectivity index (χ0) is 14.5. The Balaban J connectivity index is 1.85. The highest BCUT2D eigenvalue weighted by atomic mass is 16.5. The molecule has 0 fully saturated rings. The van der Waals surface area contributed by atoms with Gasteiger partial charge < -0.3 is 9.47 Å². The Hall–Kier alpha value is -2.39. The molecule has 1 heterocycles. The van der Waals surface area contributed by atoms with E-state index < -0.39 is 0 Å². The molecule has 0 N–H and O–H groups in total. The quantitative estimate of drug-likeness (QED) is 0.806. The van der Waals surface area contributed by atoms with Crippen molar-refractivity contribution in [3.05, 3.63) is 88.1 Å². The van der Waals surface area contributed by atoms with Crippen molar-refractivity contribution >= 4 is 0 Å². The highest BCUT2D eigenvalue weighted by Gasteiger charge is 2.16. The Morgan fingerprint density at radius 2 is 1.81 bits per heavy atom. The van der Waals surface area contributed by atoms with Gasteiger partial charge in [-0.05, 0) is 11.6 Å². The lowest BCUT2D eigenvalue weighted by atomic mass is 10.1. The number of hydrogen-bond donors (Lipinski definition) is 0. The third kappa shape index (κ3) is 3.20. The maximum Gasteiger partial charge on any atom is 0.226 e. The Morgan fingerprint density at radius 3 is 2.57 bits per heavy atom. The highest BCUT2D eigenvalue weighted by molar-refractivity contribution is 5.31. The number of benzene rings is 1. The molecule has 0 radical (unpaired) electrons. The molecule has 3 nitrogen and oxygen atoms in total. The van der Waals surface area contributed by atoms with E-state index in [4.69, 9.17) is 9.47 Å². The molecule has 1 aliphatic rings. The molecule has 2 aromatic rings. The van der Waals surface area contributed by atoms with Crippen LogP contribution < -0.4 is 10.2 Å².